The van der Waals surface area contributed by atoms with Gasteiger partial charge in [0.05, 0.1) is 14.2 Å². The molecule has 2 N–H and O–H groups in total. The van der Waals surface area contributed by atoms with Crippen molar-refractivity contribution in [2.75, 3.05) is 40.6 Å². The Hall–Kier alpha value is -3.19. The van der Waals surface area contributed by atoms with Gasteiger partial charge in [0.15, 0.2) is 23.0 Å². The standard InChI is InChI=1S/C24H30N2O5/c1-28-20-9-6-18(15-22(20)29-2)5-3-12-25-13-4-14-26-24(27)11-8-19-7-10-21-23(16-19)31-17-30-21/h6-11,15-16,25H,3-5,12-14,17H2,1-2H3,(H,26,27)/b11-8+. The number of hydrogen-bond donors (Lipinski definition) is 2. The third-order valence-corrected chi connectivity index (χ3v) is 4.92. The predicted molar refractivity (Wildman–Crippen MR) is 120 cm³/mol. The lowest BCUT2D eigenvalue weighted by Gasteiger charge is -2.10. The number of ether oxygens (including phenoxy) is 4. The van der Waals surface area contributed by atoms with Crippen LogP contribution >= 0.6 is 0 Å². The Labute approximate surface area is 183 Å². The highest BCUT2D eigenvalue weighted by molar-refractivity contribution is 5.91. The zero-order valence-electron chi connectivity index (χ0n) is 18.1. The fourth-order valence-electron chi connectivity index (χ4n) is 3.25. The second-order valence-corrected chi connectivity index (χ2v) is 7.13. The third-order valence-electron chi connectivity index (χ3n) is 4.92. The first-order chi connectivity index (χ1) is 15.2. The monoisotopic (exact) mass is 426 g/mol. The fraction of sp³-hybridized carbons (Fsp3) is 0.375. The zero-order chi connectivity index (χ0) is 21.9. The van der Waals surface area contributed by atoms with Gasteiger partial charge in [-0.25, -0.2) is 0 Å². The quantitative estimate of drug-likeness (QED) is 0.401. The smallest absolute Gasteiger partial charge is 0.243 e. The molecule has 1 aliphatic heterocycles. The molecule has 0 unspecified atom stereocenters. The molecular weight excluding hydrogens is 396 g/mol. The van der Waals surface area contributed by atoms with E-state index >= 15 is 0 Å². The topological polar surface area (TPSA) is 78.1 Å². The maximum Gasteiger partial charge on any atom is 0.243 e. The number of benzene rings is 2. The Kier molecular flexibility index (Phi) is 8.60. The number of aryl methyl sites for hydroxylation is 1. The van der Waals surface area contributed by atoms with E-state index in [0.29, 0.717) is 12.3 Å². The van der Waals surface area contributed by atoms with Crippen LogP contribution in [0.4, 0.5) is 0 Å². The number of hydrogen-bond acceptors (Lipinski definition) is 6. The first-order valence-corrected chi connectivity index (χ1v) is 10.5. The minimum Gasteiger partial charge on any atom is -0.493 e. The van der Waals surface area contributed by atoms with Crippen molar-refractivity contribution in [2.24, 2.45) is 0 Å². The summed E-state index contributed by atoms with van der Waals surface area (Å²) < 4.78 is 21.2. The molecule has 1 aliphatic rings. The van der Waals surface area contributed by atoms with Crippen LogP contribution in [0.1, 0.15) is 24.0 Å². The number of carbonyl (C=O) groups excluding carboxylic acids is 1. The van der Waals surface area contributed by atoms with Gasteiger partial charge >= 0.3 is 0 Å². The van der Waals surface area contributed by atoms with E-state index in [-0.39, 0.29) is 12.7 Å². The van der Waals surface area contributed by atoms with Crippen LogP contribution in [0.5, 0.6) is 23.0 Å². The summed E-state index contributed by atoms with van der Waals surface area (Å²) in [5.74, 6) is 2.84. The molecule has 0 spiro atoms. The highest BCUT2D eigenvalue weighted by Crippen LogP contribution is 2.32. The number of carbonyl (C=O) groups is 1. The molecular formula is C24H30N2O5. The van der Waals surface area contributed by atoms with Crippen molar-refractivity contribution < 1.29 is 23.7 Å². The summed E-state index contributed by atoms with van der Waals surface area (Å²) in [5.41, 5.74) is 2.12. The first kappa shape index (κ1) is 22.5. The molecule has 7 nitrogen and oxygen atoms in total. The Morgan fingerprint density at radius 2 is 1.77 bits per heavy atom. The predicted octanol–water partition coefficient (Wildman–Crippen LogP) is 3.17. The second kappa shape index (κ2) is 11.9. The molecule has 0 saturated heterocycles. The Morgan fingerprint density at radius 3 is 2.61 bits per heavy atom. The van der Waals surface area contributed by atoms with Gasteiger partial charge < -0.3 is 29.6 Å². The average molecular weight is 427 g/mol. The summed E-state index contributed by atoms with van der Waals surface area (Å²) in [5, 5.41) is 6.31. The van der Waals surface area contributed by atoms with E-state index in [0.717, 1.165) is 55.2 Å². The average Bonchev–Trinajstić information content (AvgIpc) is 3.27. The van der Waals surface area contributed by atoms with Crippen LogP contribution in [0.25, 0.3) is 6.08 Å². The van der Waals surface area contributed by atoms with Crippen LogP contribution in [0, 0.1) is 0 Å². The minimum absolute atomic E-state index is 0.105. The van der Waals surface area contributed by atoms with Crippen LogP contribution in [-0.2, 0) is 11.2 Å². The summed E-state index contributed by atoms with van der Waals surface area (Å²) in [6.07, 6.45) is 6.17. The Morgan fingerprint density at radius 1 is 0.968 bits per heavy atom. The molecule has 0 saturated carbocycles. The molecule has 0 fully saturated rings. The molecule has 31 heavy (non-hydrogen) atoms. The van der Waals surface area contributed by atoms with Gasteiger partial charge in [0.25, 0.3) is 0 Å². The van der Waals surface area contributed by atoms with Crippen molar-refractivity contribution in [2.45, 2.75) is 19.3 Å². The van der Waals surface area contributed by atoms with Gasteiger partial charge in [0.1, 0.15) is 0 Å². The lowest BCUT2D eigenvalue weighted by atomic mass is 10.1. The van der Waals surface area contributed by atoms with E-state index in [1.165, 1.54) is 11.6 Å². The molecule has 166 valence electrons. The zero-order valence-corrected chi connectivity index (χ0v) is 18.1. The van der Waals surface area contributed by atoms with Crippen LogP contribution in [0.15, 0.2) is 42.5 Å². The lowest BCUT2D eigenvalue weighted by molar-refractivity contribution is -0.116. The van der Waals surface area contributed by atoms with Crippen LogP contribution < -0.4 is 29.6 Å². The second-order valence-electron chi connectivity index (χ2n) is 7.13. The summed E-state index contributed by atoms with van der Waals surface area (Å²) >= 11 is 0. The summed E-state index contributed by atoms with van der Waals surface area (Å²) in [6.45, 7) is 2.66. The minimum atomic E-state index is -0.105. The summed E-state index contributed by atoms with van der Waals surface area (Å²) in [4.78, 5) is 11.9. The maximum absolute atomic E-state index is 11.9. The molecule has 2 aromatic carbocycles. The number of amides is 1. The van der Waals surface area contributed by atoms with E-state index in [4.69, 9.17) is 18.9 Å². The molecule has 1 amide bonds. The van der Waals surface area contributed by atoms with Gasteiger partial charge in [-0.2, -0.15) is 0 Å². The van der Waals surface area contributed by atoms with Gasteiger partial charge in [0.2, 0.25) is 12.7 Å². The molecule has 0 atom stereocenters. The molecule has 0 radical (unpaired) electrons. The van der Waals surface area contributed by atoms with Crippen molar-refractivity contribution in [3.63, 3.8) is 0 Å². The number of fused-ring (bicyclic) bond motifs is 1. The molecule has 0 aliphatic carbocycles. The summed E-state index contributed by atoms with van der Waals surface area (Å²) in [7, 11) is 3.29. The molecule has 7 heteroatoms. The Bertz CT molecular complexity index is 898. The van der Waals surface area contributed by atoms with E-state index in [9.17, 15) is 4.79 Å². The number of rotatable bonds is 12. The third kappa shape index (κ3) is 6.93. The highest BCUT2D eigenvalue weighted by atomic mass is 16.7. The van der Waals surface area contributed by atoms with E-state index in [2.05, 4.69) is 16.7 Å². The molecule has 0 aromatic heterocycles. The highest BCUT2D eigenvalue weighted by Gasteiger charge is 2.12. The van der Waals surface area contributed by atoms with Crippen LogP contribution in [0.2, 0.25) is 0 Å². The van der Waals surface area contributed by atoms with Gasteiger partial charge in [-0.15, -0.1) is 0 Å². The maximum atomic E-state index is 11.9. The van der Waals surface area contributed by atoms with Crippen LogP contribution in [-0.4, -0.2) is 46.6 Å². The van der Waals surface area contributed by atoms with Crippen molar-refractivity contribution in [1.82, 2.24) is 10.6 Å². The number of methoxy groups -OCH3 is 2. The van der Waals surface area contributed by atoms with Crippen molar-refractivity contribution >= 4 is 12.0 Å². The molecule has 1 heterocycles. The van der Waals surface area contributed by atoms with E-state index < -0.39 is 0 Å². The van der Waals surface area contributed by atoms with Crippen LogP contribution in [0.3, 0.4) is 0 Å². The number of nitrogens with one attached hydrogen (secondary N) is 2. The van der Waals surface area contributed by atoms with Gasteiger partial charge in [-0.1, -0.05) is 12.1 Å². The molecule has 2 aromatic rings. The fourth-order valence-corrected chi connectivity index (χ4v) is 3.25. The van der Waals surface area contributed by atoms with Gasteiger partial charge in [-0.05, 0) is 73.8 Å². The van der Waals surface area contributed by atoms with Gasteiger partial charge in [-0.3, -0.25) is 4.79 Å². The van der Waals surface area contributed by atoms with Crippen molar-refractivity contribution in [3.8, 4) is 23.0 Å². The van der Waals surface area contributed by atoms with Crippen molar-refractivity contribution in [1.29, 1.82) is 0 Å². The first-order valence-electron chi connectivity index (χ1n) is 10.5. The van der Waals surface area contributed by atoms with Gasteiger partial charge in [0, 0.05) is 12.6 Å². The Balaban J connectivity index is 1.25. The molecule has 3 rings (SSSR count). The van der Waals surface area contributed by atoms with E-state index in [1.807, 2.05) is 30.3 Å². The normalized spacial score (nSPS) is 12.2. The molecule has 0 bridgehead atoms. The summed E-state index contributed by atoms with van der Waals surface area (Å²) in [6, 6.07) is 11.6. The van der Waals surface area contributed by atoms with Crippen molar-refractivity contribution in [3.05, 3.63) is 53.6 Å². The van der Waals surface area contributed by atoms with E-state index in [1.54, 1.807) is 20.3 Å². The SMILES string of the molecule is COc1ccc(CCCNCCCNC(=O)/C=C/c2ccc3c(c2)OCO3)cc1OC. The largest absolute Gasteiger partial charge is 0.493 e. The lowest BCUT2D eigenvalue weighted by Crippen LogP contribution is -2.26.